The maximum absolute atomic E-state index is 12.6. The maximum atomic E-state index is 12.6. The number of halogens is 5. The van der Waals surface area contributed by atoms with E-state index in [2.05, 4.69) is 31.2 Å². The van der Waals surface area contributed by atoms with E-state index in [9.17, 15) is 13.2 Å². The number of aromatic nitrogens is 1. The molecule has 1 N–H and O–H groups in total. The molecule has 10 heteroatoms. The zero-order chi connectivity index (χ0) is 17.7. The van der Waals surface area contributed by atoms with Crippen molar-refractivity contribution in [1.82, 2.24) is 15.2 Å². The average Bonchev–Trinajstić information content (AvgIpc) is 2.99. The normalized spacial score (nSPS) is 11.8. The Bertz CT molecular complexity index is 704. The van der Waals surface area contributed by atoms with Crippen LogP contribution in [0.15, 0.2) is 39.1 Å². The molecule has 1 aromatic carbocycles. The molecule has 0 amide bonds. The molecule has 0 aliphatic rings. The summed E-state index contributed by atoms with van der Waals surface area (Å²) in [5.74, 6) is 0.585. The summed E-state index contributed by atoms with van der Waals surface area (Å²) < 4.78 is 38.7. The standard InChI is InChI=1S/C15H16BrF3N4S.HI/c1-20-14(23(2)8-10-3-5-11(16)6-4-10)21-7-13-22-12(9-24-13)15(17,18)19;/h3-6,9H,7-8H2,1-2H3,(H,20,21);1H. The molecule has 0 radical (unpaired) electrons. The van der Waals surface area contributed by atoms with Crippen LogP contribution in [0.25, 0.3) is 0 Å². The fraction of sp³-hybridized carbons (Fsp3) is 0.333. The van der Waals surface area contributed by atoms with Gasteiger partial charge in [0.1, 0.15) is 5.01 Å². The molecular formula is C15H17BrF3IN4S. The van der Waals surface area contributed by atoms with E-state index in [0.29, 0.717) is 17.5 Å². The minimum Gasteiger partial charge on any atom is -0.350 e. The van der Waals surface area contributed by atoms with Crippen molar-refractivity contribution < 1.29 is 13.2 Å². The van der Waals surface area contributed by atoms with Gasteiger partial charge < -0.3 is 10.2 Å². The van der Waals surface area contributed by atoms with E-state index >= 15 is 0 Å². The molecule has 0 atom stereocenters. The number of guanidine groups is 1. The molecule has 25 heavy (non-hydrogen) atoms. The number of hydrogen-bond donors (Lipinski definition) is 1. The van der Waals surface area contributed by atoms with Crippen LogP contribution in [-0.4, -0.2) is 29.9 Å². The van der Waals surface area contributed by atoms with Crippen LogP contribution in [0.4, 0.5) is 13.2 Å². The Labute approximate surface area is 173 Å². The fourth-order valence-corrected chi connectivity index (χ4v) is 3.01. The van der Waals surface area contributed by atoms with Crippen LogP contribution in [0.3, 0.4) is 0 Å². The number of alkyl halides is 3. The van der Waals surface area contributed by atoms with Crippen LogP contribution in [0.2, 0.25) is 0 Å². The van der Waals surface area contributed by atoms with E-state index < -0.39 is 11.9 Å². The Morgan fingerprint density at radius 2 is 1.96 bits per heavy atom. The topological polar surface area (TPSA) is 40.5 Å². The van der Waals surface area contributed by atoms with E-state index in [4.69, 9.17) is 0 Å². The van der Waals surface area contributed by atoms with Crippen molar-refractivity contribution in [3.63, 3.8) is 0 Å². The van der Waals surface area contributed by atoms with Crippen LogP contribution >= 0.6 is 51.2 Å². The van der Waals surface area contributed by atoms with Gasteiger partial charge in [-0.15, -0.1) is 35.3 Å². The summed E-state index contributed by atoms with van der Waals surface area (Å²) in [6, 6.07) is 7.88. The van der Waals surface area contributed by atoms with Crippen molar-refractivity contribution in [1.29, 1.82) is 0 Å². The van der Waals surface area contributed by atoms with Gasteiger partial charge in [-0.2, -0.15) is 13.2 Å². The van der Waals surface area contributed by atoms with E-state index in [0.717, 1.165) is 26.8 Å². The highest BCUT2D eigenvalue weighted by atomic mass is 127. The molecule has 1 aromatic heterocycles. The van der Waals surface area contributed by atoms with Gasteiger partial charge in [-0.25, -0.2) is 4.98 Å². The summed E-state index contributed by atoms with van der Waals surface area (Å²) in [7, 11) is 3.49. The van der Waals surface area contributed by atoms with E-state index in [-0.39, 0.29) is 30.5 Å². The first-order valence-electron chi connectivity index (χ1n) is 6.97. The summed E-state index contributed by atoms with van der Waals surface area (Å²) in [6.07, 6.45) is -4.41. The van der Waals surface area contributed by atoms with Gasteiger partial charge in [0.15, 0.2) is 11.7 Å². The lowest BCUT2D eigenvalue weighted by Crippen LogP contribution is -2.38. The fourth-order valence-electron chi connectivity index (χ4n) is 2.00. The van der Waals surface area contributed by atoms with Crippen LogP contribution in [0, 0.1) is 0 Å². The first-order chi connectivity index (χ1) is 11.3. The first-order valence-corrected chi connectivity index (χ1v) is 8.64. The summed E-state index contributed by atoms with van der Waals surface area (Å²) in [5.41, 5.74) is 0.236. The van der Waals surface area contributed by atoms with Gasteiger partial charge in [-0.3, -0.25) is 4.99 Å². The van der Waals surface area contributed by atoms with Crippen LogP contribution in [0.5, 0.6) is 0 Å². The van der Waals surface area contributed by atoms with E-state index in [1.807, 2.05) is 36.2 Å². The number of benzene rings is 1. The summed E-state index contributed by atoms with van der Waals surface area (Å²) in [5, 5.41) is 4.41. The summed E-state index contributed by atoms with van der Waals surface area (Å²) >= 11 is 4.36. The minimum atomic E-state index is -4.41. The number of rotatable bonds is 4. The summed E-state index contributed by atoms with van der Waals surface area (Å²) in [4.78, 5) is 9.63. The molecule has 4 nitrogen and oxygen atoms in total. The van der Waals surface area contributed by atoms with Gasteiger partial charge in [0.2, 0.25) is 0 Å². The molecule has 0 saturated carbocycles. The lowest BCUT2D eigenvalue weighted by molar-refractivity contribution is -0.140. The number of nitrogens with one attached hydrogen (secondary N) is 1. The molecule has 0 fully saturated rings. The lowest BCUT2D eigenvalue weighted by atomic mass is 10.2. The number of hydrogen-bond acceptors (Lipinski definition) is 3. The molecule has 2 aromatic rings. The van der Waals surface area contributed by atoms with Crippen molar-refractivity contribution in [3.05, 3.63) is 50.4 Å². The number of nitrogens with zero attached hydrogens (tertiary/aromatic N) is 3. The molecule has 138 valence electrons. The van der Waals surface area contributed by atoms with Crippen molar-refractivity contribution in [3.8, 4) is 0 Å². The number of thiazole rings is 1. The number of aliphatic imine (C=N–C) groups is 1. The largest absolute Gasteiger partial charge is 0.434 e. The predicted molar refractivity (Wildman–Crippen MR) is 108 cm³/mol. The Morgan fingerprint density at radius 1 is 1.32 bits per heavy atom. The van der Waals surface area contributed by atoms with Gasteiger partial charge in [0, 0.05) is 30.5 Å². The zero-order valence-corrected chi connectivity index (χ0v) is 18.2. The molecule has 0 saturated heterocycles. The SMILES string of the molecule is CN=C(NCc1nc(C(F)(F)F)cs1)N(C)Cc1ccc(Br)cc1.I. The highest BCUT2D eigenvalue weighted by Crippen LogP contribution is 2.29. The van der Waals surface area contributed by atoms with Crippen LogP contribution in [0.1, 0.15) is 16.3 Å². The highest BCUT2D eigenvalue weighted by molar-refractivity contribution is 14.0. The molecule has 0 spiro atoms. The van der Waals surface area contributed by atoms with Crippen molar-refractivity contribution in [2.75, 3.05) is 14.1 Å². The van der Waals surface area contributed by atoms with Crippen molar-refractivity contribution in [2.45, 2.75) is 19.3 Å². The van der Waals surface area contributed by atoms with E-state index in [1.54, 1.807) is 7.05 Å². The van der Waals surface area contributed by atoms with Crippen molar-refractivity contribution in [2.24, 2.45) is 4.99 Å². The Balaban J connectivity index is 0.00000312. The molecule has 0 unspecified atom stereocenters. The Hall–Kier alpha value is -0.880. The zero-order valence-electron chi connectivity index (χ0n) is 13.5. The second-order valence-corrected chi connectivity index (χ2v) is 6.87. The maximum Gasteiger partial charge on any atom is 0.434 e. The molecule has 1 heterocycles. The monoisotopic (exact) mass is 548 g/mol. The Kier molecular flexibility index (Phi) is 8.61. The van der Waals surface area contributed by atoms with Crippen molar-refractivity contribution >= 4 is 57.2 Å². The van der Waals surface area contributed by atoms with Crippen LogP contribution in [-0.2, 0) is 19.3 Å². The quantitative estimate of drug-likeness (QED) is 0.340. The van der Waals surface area contributed by atoms with Gasteiger partial charge in [0.05, 0.1) is 6.54 Å². The molecule has 2 rings (SSSR count). The first kappa shape index (κ1) is 22.2. The van der Waals surface area contributed by atoms with Gasteiger partial charge >= 0.3 is 6.18 Å². The average molecular weight is 549 g/mol. The lowest BCUT2D eigenvalue weighted by Gasteiger charge is -2.21. The molecule has 0 bridgehead atoms. The van der Waals surface area contributed by atoms with Gasteiger partial charge in [-0.1, -0.05) is 28.1 Å². The van der Waals surface area contributed by atoms with Crippen LogP contribution < -0.4 is 5.32 Å². The Morgan fingerprint density at radius 3 is 2.48 bits per heavy atom. The molecule has 0 aliphatic heterocycles. The third-order valence-corrected chi connectivity index (χ3v) is 4.52. The predicted octanol–water partition coefficient (Wildman–Crippen LogP) is 4.75. The summed E-state index contributed by atoms with van der Waals surface area (Å²) in [6.45, 7) is 0.816. The van der Waals surface area contributed by atoms with E-state index in [1.165, 1.54) is 0 Å². The third-order valence-electron chi connectivity index (χ3n) is 3.15. The highest BCUT2D eigenvalue weighted by Gasteiger charge is 2.33. The third kappa shape index (κ3) is 6.74. The minimum absolute atomic E-state index is 0. The van der Waals surface area contributed by atoms with Gasteiger partial charge in [0.25, 0.3) is 0 Å². The smallest absolute Gasteiger partial charge is 0.350 e. The molecular weight excluding hydrogens is 532 g/mol. The molecule has 0 aliphatic carbocycles. The second kappa shape index (κ2) is 9.72. The second-order valence-electron chi connectivity index (χ2n) is 5.01. The van der Waals surface area contributed by atoms with Gasteiger partial charge in [-0.05, 0) is 17.7 Å².